The number of nitrogens with one attached hydrogen (secondary N) is 1. The van der Waals surface area contributed by atoms with Gasteiger partial charge in [-0.2, -0.15) is 0 Å². The predicted molar refractivity (Wildman–Crippen MR) is 141 cm³/mol. The Morgan fingerprint density at radius 3 is 2.49 bits per heavy atom. The Labute approximate surface area is 222 Å². The number of methoxy groups -OCH3 is 2. The molecule has 0 amide bonds. The smallest absolute Gasteiger partial charge is 0.336 e. The standard InChI is InChI=1S/C29H32ClNO6/c1-5-36-13-14-37-29(33)25-17(2)31-22-15-19(18-9-11-20(30)12-10-18)16-23(32)27(22)26(25)21-7-6-8-24(34-3)28(21)35-4/h6-12,19,26,31H,5,13-16H2,1-4H3. The lowest BCUT2D eigenvalue weighted by Crippen LogP contribution is -2.36. The van der Waals surface area contributed by atoms with Crippen LogP contribution in [0.1, 0.15) is 49.7 Å². The van der Waals surface area contributed by atoms with Crippen LogP contribution in [0.2, 0.25) is 5.02 Å². The van der Waals surface area contributed by atoms with Crippen molar-refractivity contribution in [2.45, 2.75) is 38.5 Å². The minimum absolute atomic E-state index is 0.00336. The summed E-state index contributed by atoms with van der Waals surface area (Å²) in [6.07, 6.45) is 0.937. The van der Waals surface area contributed by atoms with Crippen LogP contribution < -0.4 is 14.8 Å². The zero-order valence-corrected chi connectivity index (χ0v) is 22.3. The summed E-state index contributed by atoms with van der Waals surface area (Å²) < 4.78 is 22.2. The van der Waals surface area contributed by atoms with Gasteiger partial charge < -0.3 is 24.3 Å². The van der Waals surface area contributed by atoms with Crippen molar-refractivity contribution in [3.05, 3.63) is 81.2 Å². The summed E-state index contributed by atoms with van der Waals surface area (Å²) in [5, 5.41) is 4.02. The second-order valence-electron chi connectivity index (χ2n) is 8.98. The highest BCUT2D eigenvalue weighted by atomic mass is 35.5. The zero-order valence-electron chi connectivity index (χ0n) is 21.6. The highest BCUT2D eigenvalue weighted by Crippen LogP contribution is 2.49. The SMILES string of the molecule is CCOCCOC(=O)C1=C(C)NC2=C(C(=O)CC(c3ccc(Cl)cc3)C2)C1c1cccc(OC)c1OC. The third kappa shape index (κ3) is 5.53. The molecule has 2 atom stereocenters. The number of hydrogen-bond donors (Lipinski definition) is 1. The van der Waals surface area contributed by atoms with Crippen LogP contribution in [0.25, 0.3) is 0 Å². The molecule has 8 heteroatoms. The number of halogens is 1. The molecule has 1 heterocycles. The average molecular weight is 526 g/mol. The van der Waals surface area contributed by atoms with Gasteiger partial charge in [-0.3, -0.25) is 4.79 Å². The average Bonchev–Trinajstić information content (AvgIpc) is 2.89. The molecule has 0 aromatic heterocycles. The van der Waals surface area contributed by atoms with Crippen molar-refractivity contribution < 1.29 is 28.5 Å². The van der Waals surface area contributed by atoms with Crippen molar-refractivity contribution in [3.63, 3.8) is 0 Å². The maximum absolute atomic E-state index is 13.8. The van der Waals surface area contributed by atoms with E-state index in [0.29, 0.717) is 65.0 Å². The zero-order chi connectivity index (χ0) is 26.5. The van der Waals surface area contributed by atoms with Crippen LogP contribution in [0, 0.1) is 0 Å². The molecule has 37 heavy (non-hydrogen) atoms. The first-order valence-corrected chi connectivity index (χ1v) is 12.7. The Balaban J connectivity index is 1.79. The van der Waals surface area contributed by atoms with Gasteiger partial charge >= 0.3 is 5.97 Å². The lowest BCUT2D eigenvalue weighted by Gasteiger charge is -2.37. The quantitative estimate of drug-likeness (QED) is 0.351. The van der Waals surface area contributed by atoms with E-state index in [4.69, 9.17) is 30.5 Å². The summed E-state index contributed by atoms with van der Waals surface area (Å²) in [4.78, 5) is 27.2. The first kappa shape index (κ1) is 26.8. The molecule has 2 unspecified atom stereocenters. The van der Waals surface area contributed by atoms with Gasteiger partial charge in [-0.05, 0) is 49.9 Å². The van der Waals surface area contributed by atoms with Gasteiger partial charge in [0.25, 0.3) is 0 Å². The number of dihydropyridines is 1. The number of para-hydroxylation sites is 1. The van der Waals surface area contributed by atoms with Crippen LogP contribution in [0.4, 0.5) is 0 Å². The van der Waals surface area contributed by atoms with Crippen LogP contribution in [0.3, 0.4) is 0 Å². The largest absolute Gasteiger partial charge is 0.493 e. The monoisotopic (exact) mass is 525 g/mol. The van der Waals surface area contributed by atoms with Crippen LogP contribution in [0.5, 0.6) is 11.5 Å². The summed E-state index contributed by atoms with van der Waals surface area (Å²) in [5.74, 6) is -0.209. The van der Waals surface area contributed by atoms with Crippen molar-refractivity contribution in [3.8, 4) is 11.5 Å². The fourth-order valence-electron chi connectivity index (χ4n) is 5.15. The number of ether oxygens (including phenoxy) is 4. The van der Waals surface area contributed by atoms with E-state index in [0.717, 1.165) is 11.3 Å². The molecular formula is C29H32ClNO6. The number of Topliss-reactive ketones (excluding diaryl/α,β-unsaturated/α-hetero) is 1. The predicted octanol–water partition coefficient (Wildman–Crippen LogP) is 5.30. The molecule has 0 saturated heterocycles. The number of esters is 1. The van der Waals surface area contributed by atoms with E-state index in [-0.39, 0.29) is 18.3 Å². The number of carbonyl (C=O) groups is 2. The molecule has 0 fully saturated rings. The molecule has 1 N–H and O–H groups in total. The van der Waals surface area contributed by atoms with Crippen molar-refractivity contribution in [1.29, 1.82) is 0 Å². The van der Waals surface area contributed by atoms with Gasteiger partial charge in [-0.25, -0.2) is 4.79 Å². The second-order valence-corrected chi connectivity index (χ2v) is 9.42. The molecule has 1 aliphatic carbocycles. The molecule has 2 aromatic rings. The van der Waals surface area contributed by atoms with Gasteiger partial charge in [-0.1, -0.05) is 35.9 Å². The summed E-state index contributed by atoms with van der Waals surface area (Å²) in [5.41, 5.74) is 4.09. The summed E-state index contributed by atoms with van der Waals surface area (Å²) in [6, 6.07) is 13.1. The third-order valence-corrected chi connectivity index (χ3v) is 7.05. The topological polar surface area (TPSA) is 83.1 Å². The minimum atomic E-state index is -0.667. The van der Waals surface area contributed by atoms with E-state index in [1.165, 1.54) is 0 Å². The molecule has 0 bridgehead atoms. The number of hydrogen-bond acceptors (Lipinski definition) is 7. The Morgan fingerprint density at radius 2 is 1.81 bits per heavy atom. The Bertz CT molecular complexity index is 1230. The van der Waals surface area contributed by atoms with E-state index in [1.807, 2.05) is 50.2 Å². The first-order chi connectivity index (χ1) is 17.9. The Kier molecular flexibility index (Phi) is 8.56. The molecule has 0 radical (unpaired) electrons. The number of ketones is 1. The minimum Gasteiger partial charge on any atom is -0.493 e. The summed E-state index contributed by atoms with van der Waals surface area (Å²) >= 11 is 6.08. The number of allylic oxidation sites excluding steroid dienone is 3. The second kappa shape index (κ2) is 11.8. The molecule has 196 valence electrons. The van der Waals surface area contributed by atoms with Crippen LogP contribution >= 0.6 is 11.6 Å². The fraction of sp³-hybridized carbons (Fsp3) is 0.379. The van der Waals surface area contributed by atoms with Crippen LogP contribution in [0.15, 0.2) is 65.0 Å². The van der Waals surface area contributed by atoms with Gasteiger partial charge in [-0.15, -0.1) is 0 Å². The Morgan fingerprint density at radius 1 is 1.05 bits per heavy atom. The van der Waals surface area contributed by atoms with E-state index >= 15 is 0 Å². The van der Waals surface area contributed by atoms with E-state index in [1.54, 1.807) is 20.3 Å². The van der Waals surface area contributed by atoms with Gasteiger partial charge in [0.05, 0.1) is 32.3 Å². The summed E-state index contributed by atoms with van der Waals surface area (Å²) in [7, 11) is 3.11. The molecule has 4 rings (SSSR count). The molecule has 0 saturated carbocycles. The van der Waals surface area contributed by atoms with Gasteiger partial charge in [0.1, 0.15) is 6.61 Å². The number of rotatable bonds is 9. The van der Waals surface area contributed by atoms with Gasteiger partial charge in [0.15, 0.2) is 17.3 Å². The number of benzene rings is 2. The molecule has 7 nitrogen and oxygen atoms in total. The highest BCUT2D eigenvalue weighted by Gasteiger charge is 2.42. The normalized spacial score (nSPS) is 19.3. The highest BCUT2D eigenvalue weighted by molar-refractivity contribution is 6.30. The maximum atomic E-state index is 13.8. The lowest BCUT2D eigenvalue weighted by molar-refractivity contribution is -0.140. The third-order valence-electron chi connectivity index (χ3n) is 6.80. The molecule has 2 aliphatic rings. The number of carbonyl (C=O) groups excluding carboxylic acids is 2. The maximum Gasteiger partial charge on any atom is 0.336 e. The van der Waals surface area contributed by atoms with Crippen LogP contribution in [-0.4, -0.2) is 45.8 Å². The van der Waals surface area contributed by atoms with E-state index in [9.17, 15) is 9.59 Å². The van der Waals surface area contributed by atoms with Crippen molar-refractivity contribution in [2.24, 2.45) is 0 Å². The molecule has 1 aliphatic heterocycles. The first-order valence-electron chi connectivity index (χ1n) is 12.3. The van der Waals surface area contributed by atoms with Crippen molar-refractivity contribution in [1.82, 2.24) is 5.32 Å². The summed E-state index contributed by atoms with van der Waals surface area (Å²) in [6.45, 7) is 4.66. The lowest BCUT2D eigenvalue weighted by atomic mass is 9.71. The van der Waals surface area contributed by atoms with Gasteiger partial charge in [0.2, 0.25) is 0 Å². The molecular weight excluding hydrogens is 494 g/mol. The van der Waals surface area contributed by atoms with E-state index < -0.39 is 11.9 Å². The Hall–Kier alpha value is -3.29. The van der Waals surface area contributed by atoms with Crippen LogP contribution in [-0.2, 0) is 19.1 Å². The van der Waals surface area contributed by atoms with Crippen molar-refractivity contribution >= 4 is 23.4 Å². The van der Waals surface area contributed by atoms with E-state index in [2.05, 4.69) is 5.32 Å². The molecule has 2 aromatic carbocycles. The van der Waals surface area contributed by atoms with Gasteiger partial charge in [0, 0.05) is 40.6 Å². The fourth-order valence-corrected chi connectivity index (χ4v) is 5.27. The van der Waals surface area contributed by atoms with Crippen molar-refractivity contribution in [2.75, 3.05) is 34.0 Å². The molecule has 0 spiro atoms.